The van der Waals surface area contributed by atoms with Gasteiger partial charge in [0.15, 0.2) is 0 Å². The maximum Gasteiger partial charge on any atom is 0.224 e. The molecule has 0 aromatic heterocycles. The molecule has 0 radical (unpaired) electrons. The molecule has 0 N–H and O–H groups in total. The predicted octanol–water partition coefficient (Wildman–Crippen LogP) is 1.09. The number of hydrogen-bond donors (Lipinski definition) is 0. The van der Waals surface area contributed by atoms with Crippen molar-refractivity contribution in [1.29, 1.82) is 0 Å². The van der Waals surface area contributed by atoms with Crippen LogP contribution in [0.15, 0.2) is 0 Å². The molecule has 0 bridgehead atoms. The molecule has 0 atom stereocenters. The van der Waals surface area contributed by atoms with E-state index in [0.717, 1.165) is 25.7 Å². The first-order chi connectivity index (χ1) is 6.68. The van der Waals surface area contributed by atoms with E-state index in [4.69, 9.17) is 0 Å². The van der Waals surface area contributed by atoms with E-state index in [2.05, 4.69) is 18.7 Å². The average Bonchev–Trinajstić information content (AvgIpc) is 2.89. The highest BCUT2D eigenvalue weighted by Gasteiger charge is 2.32. The first-order valence-corrected chi connectivity index (χ1v) is 5.72. The molecule has 1 saturated heterocycles. The number of rotatable bonds is 2. The van der Waals surface area contributed by atoms with Gasteiger partial charge in [0.05, 0.1) is 0 Å². The van der Waals surface area contributed by atoms with Gasteiger partial charge in [-0.1, -0.05) is 0 Å². The van der Waals surface area contributed by atoms with Gasteiger partial charge in [0.25, 0.3) is 0 Å². The van der Waals surface area contributed by atoms with Gasteiger partial charge in [-0.15, -0.1) is 0 Å². The van der Waals surface area contributed by atoms with Crippen LogP contribution in [0.25, 0.3) is 0 Å². The van der Waals surface area contributed by atoms with Gasteiger partial charge in [0, 0.05) is 38.1 Å². The van der Waals surface area contributed by atoms with E-state index in [-0.39, 0.29) is 0 Å². The molecule has 0 aromatic rings. The Morgan fingerprint density at radius 2 is 1.93 bits per heavy atom. The lowest BCUT2D eigenvalue weighted by molar-refractivity contribution is -0.131. The van der Waals surface area contributed by atoms with E-state index in [1.54, 1.807) is 0 Å². The number of hydrogen-bond acceptors (Lipinski definition) is 2. The first kappa shape index (κ1) is 9.97. The molecular weight excluding hydrogens is 176 g/mol. The molecule has 80 valence electrons. The SMILES string of the molecule is CC(C)N1CCN(C2CC2)CCC1=O. The fraction of sp³-hybridized carbons (Fsp3) is 0.909. The lowest BCUT2D eigenvalue weighted by Crippen LogP contribution is -2.38. The van der Waals surface area contributed by atoms with Crippen molar-refractivity contribution in [3.8, 4) is 0 Å². The zero-order valence-electron chi connectivity index (χ0n) is 9.20. The summed E-state index contributed by atoms with van der Waals surface area (Å²) in [5.41, 5.74) is 0. The Balaban J connectivity index is 1.94. The number of amides is 1. The van der Waals surface area contributed by atoms with Crippen molar-refractivity contribution in [2.24, 2.45) is 0 Å². The zero-order chi connectivity index (χ0) is 10.1. The van der Waals surface area contributed by atoms with Crippen molar-refractivity contribution in [1.82, 2.24) is 9.80 Å². The van der Waals surface area contributed by atoms with Gasteiger partial charge in [-0.25, -0.2) is 0 Å². The average molecular weight is 196 g/mol. The highest BCUT2D eigenvalue weighted by atomic mass is 16.2. The second-order valence-corrected chi connectivity index (χ2v) is 4.70. The third-order valence-electron chi connectivity index (χ3n) is 3.25. The second kappa shape index (κ2) is 3.89. The lowest BCUT2D eigenvalue weighted by Gasteiger charge is -2.25. The summed E-state index contributed by atoms with van der Waals surface area (Å²) in [6, 6.07) is 1.16. The van der Waals surface area contributed by atoms with Crippen LogP contribution in [0.4, 0.5) is 0 Å². The fourth-order valence-electron chi connectivity index (χ4n) is 2.21. The molecule has 0 aromatic carbocycles. The van der Waals surface area contributed by atoms with Crippen LogP contribution in [-0.2, 0) is 4.79 Å². The summed E-state index contributed by atoms with van der Waals surface area (Å²) in [6.45, 7) is 7.18. The number of carbonyl (C=O) groups is 1. The molecular formula is C11H20N2O. The minimum atomic E-state index is 0.336. The Labute approximate surface area is 86.1 Å². The first-order valence-electron chi connectivity index (χ1n) is 5.72. The summed E-state index contributed by atoms with van der Waals surface area (Å²) in [6.07, 6.45) is 3.40. The standard InChI is InChI=1S/C11H20N2O/c1-9(2)13-8-7-12(10-3-4-10)6-5-11(13)14/h9-10H,3-8H2,1-2H3. The van der Waals surface area contributed by atoms with Crippen LogP contribution in [0.2, 0.25) is 0 Å². The van der Waals surface area contributed by atoms with Crippen LogP contribution >= 0.6 is 0 Å². The van der Waals surface area contributed by atoms with Gasteiger partial charge in [-0.05, 0) is 26.7 Å². The molecule has 2 fully saturated rings. The molecule has 1 aliphatic heterocycles. The molecule has 2 rings (SSSR count). The summed E-state index contributed by atoms with van der Waals surface area (Å²) < 4.78 is 0. The van der Waals surface area contributed by atoms with Crippen LogP contribution in [0.5, 0.6) is 0 Å². The topological polar surface area (TPSA) is 23.6 Å². The fourth-order valence-corrected chi connectivity index (χ4v) is 2.21. The zero-order valence-corrected chi connectivity index (χ0v) is 9.20. The van der Waals surface area contributed by atoms with Gasteiger partial charge in [0.1, 0.15) is 0 Å². The third kappa shape index (κ3) is 2.08. The van der Waals surface area contributed by atoms with Gasteiger partial charge < -0.3 is 4.90 Å². The molecule has 0 unspecified atom stereocenters. The van der Waals surface area contributed by atoms with Crippen molar-refractivity contribution < 1.29 is 4.79 Å². The summed E-state index contributed by atoms with van der Waals surface area (Å²) in [7, 11) is 0. The Hall–Kier alpha value is -0.570. The minimum Gasteiger partial charge on any atom is -0.339 e. The van der Waals surface area contributed by atoms with Crippen molar-refractivity contribution >= 4 is 5.91 Å². The Morgan fingerprint density at radius 1 is 1.21 bits per heavy atom. The molecule has 1 aliphatic carbocycles. The maximum atomic E-state index is 11.7. The number of carbonyl (C=O) groups excluding carboxylic acids is 1. The molecule has 0 spiro atoms. The monoisotopic (exact) mass is 196 g/mol. The maximum absolute atomic E-state index is 11.7. The molecule has 3 nitrogen and oxygen atoms in total. The smallest absolute Gasteiger partial charge is 0.224 e. The quantitative estimate of drug-likeness (QED) is 0.660. The minimum absolute atomic E-state index is 0.336. The summed E-state index contributed by atoms with van der Waals surface area (Å²) in [5, 5.41) is 0. The number of nitrogens with zero attached hydrogens (tertiary/aromatic N) is 2. The van der Waals surface area contributed by atoms with Crippen molar-refractivity contribution in [3.63, 3.8) is 0 Å². The van der Waals surface area contributed by atoms with E-state index in [1.165, 1.54) is 12.8 Å². The van der Waals surface area contributed by atoms with Gasteiger partial charge in [-0.2, -0.15) is 0 Å². The third-order valence-corrected chi connectivity index (χ3v) is 3.25. The predicted molar refractivity (Wildman–Crippen MR) is 56.1 cm³/mol. The summed E-state index contributed by atoms with van der Waals surface area (Å²) in [5.74, 6) is 0.336. The van der Waals surface area contributed by atoms with E-state index >= 15 is 0 Å². The van der Waals surface area contributed by atoms with E-state index in [1.807, 2.05) is 4.90 Å². The second-order valence-electron chi connectivity index (χ2n) is 4.70. The van der Waals surface area contributed by atoms with Crippen LogP contribution in [0.1, 0.15) is 33.1 Å². The van der Waals surface area contributed by atoms with E-state index < -0.39 is 0 Å². The molecule has 1 heterocycles. The Morgan fingerprint density at radius 3 is 2.50 bits per heavy atom. The molecule has 14 heavy (non-hydrogen) atoms. The lowest BCUT2D eigenvalue weighted by atomic mass is 10.3. The van der Waals surface area contributed by atoms with Crippen molar-refractivity contribution in [2.75, 3.05) is 19.6 Å². The molecule has 3 heteroatoms. The molecule has 1 amide bonds. The Bertz CT molecular complexity index is 223. The highest BCUT2D eigenvalue weighted by molar-refractivity contribution is 5.76. The van der Waals surface area contributed by atoms with Gasteiger partial charge in [0.2, 0.25) is 5.91 Å². The molecule has 1 saturated carbocycles. The van der Waals surface area contributed by atoms with Gasteiger partial charge >= 0.3 is 0 Å². The van der Waals surface area contributed by atoms with E-state index in [9.17, 15) is 4.79 Å². The van der Waals surface area contributed by atoms with E-state index in [0.29, 0.717) is 18.4 Å². The molecule has 2 aliphatic rings. The largest absolute Gasteiger partial charge is 0.339 e. The van der Waals surface area contributed by atoms with Crippen LogP contribution in [0.3, 0.4) is 0 Å². The van der Waals surface area contributed by atoms with Crippen LogP contribution in [0, 0.1) is 0 Å². The van der Waals surface area contributed by atoms with Crippen LogP contribution in [-0.4, -0.2) is 47.4 Å². The summed E-state index contributed by atoms with van der Waals surface area (Å²) in [4.78, 5) is 16.2. The Kier molecular flexibility index (Phi) is 2.77. The highest BCUT2D eigenvalue weighted by Crippen LogP contribution is 2.27. The summed E-state index contributed by atoms with van der Waals surface area (Å²) >= 11 is 0. The van der Waals surface area contributed by atoms with Gasteiger partial charge in [-0.3, -0.25) is 9.69 Å². The normalized spacial score (nSPS) is 25.6. The van der Waals surface area contributed by atoms with Crippen molar-refractivity contribution in [2.45, 2.75) is 45.2 Å². The van der Waals surface area contributed by atoms with Crippen LogP contribution < -0.4 is 0 Å². The van der Waals surface area contributed by atoms with Crippen molar-refractivity contribution in [3.05, 3.63) is 0 Å².